The second kappa shape index (κ2) is 8.39. The summed E-state index contributed by atoms with van der Waals surface area (Å²) in [7, 11) is 0. The molecular formula is C6H16N2O2. The van der Waals surface area contributed by atoms with Crippen molar-refractivity contribution in [2.75, 3.05) is 6.54 Å². The molecule has 0 radical (unpaired) electrons. The Morgan fingerprint density at radius 2 is 2.00 bits per heavy atom. The normalized spacial score (nSPS) is 11.2. The molecule has 0 rings (SSSR count). The van der Waals surface area contributed by atoms with E-state index >= 15 is 0 Å². The molecule has 0 spiro atoms. The fourth-order valence-corrected chi connectivity index (χ4v) is 0.263. The lowest BCUT2D eigenvalue weighted by atomic mass is 10.3. The van der Waals surface area contributed by atoms with Gasteiger partial charge < -0.3 is 16.6 Å². The van der Waals surface area contributed by atoms with Crippen LogP contribution in [0, 0.1) is 0 Å². The molecule has 0 aromatic carbocycles. The van der Waals surface area contributed by atoms with Crippen LogP contribution in [0.5, 0.6) is 0 Å². The molecule has 0 amide bonds. The Labute approximate surface area is 61.2 Å². The standard InChI is InChI=1S/C4H12N2.C2H4O2/c1-4(6)2-3-5;1-2(3)4/h4H,2-3,5-6H2,1H3;1H3,(H,3,4). The van der Waals surface area contributed by atoms with Crippen LogP contribution in [0.15, 0.2) is 0 Å². The summed E-state index contributed by atoms with van der Waals surface area (Å²) in [5.41, 5.74) is 10.5. The number of rotatable bonds is 2. The molecule has 0 saturated carbocycles. The van der Waals surface area contributed by atoms with Gasteiger partial charge in [-0.15, -0.1) is 0 Å². The zero-order valence-corrected chi connectivity index (χ0v) is 6.50. The number of carboxylic acid groups (broad SMARTS) is 1. The number of aliphatic carboxylic acids is 1. The van der Waals surface area contributed by atoms with Crippen molar-refractivity contribution in [2.45, 2.75) is 26.3 Å². The first-order valence-electron chi connectivity index (χ1n) is 3.15. The van der Waals surface area contributed by atoms with E-state index < -0.39 is 5.97 Å². The fourth-order valence-electron chi connectivity index (χ4n) is 0.263. The summed E-state index contributed by atoms with van der Waals surface area (Å²) < 4.78 is 0. The van der Waals surface area contributed by atoms with Crippen molar-refractivity contribution >= 4 is 5.97 Å². The molecular weight excluding hydrogens is 132 g/mol. The van der Waals surface area contributed by atoms with Crippen LogP contribution in [-0.2, 0) is 4.79 Å². The highest BCUT2D eigenvalue weighted by Gasteiger charge is 1.85. The predicted octanol–water partition coefficient (Wildman–Crippen LogP) is -0.227. The van der Waals surface area contributed by atoms with E-state index in [0.717, 1.165) is 13.3 Å². The summed E-state index contributed by atoms with van der Waals surface area (Å²) in [6, 6.07) is 0.273. The van der Waals surface area contributed by atoms with Crippen molar-refractivity contribution in [3.8, 4) is 0 Å². The molecule has 1 atom stereocenters. The minimum Gasteiger partial charge on any atom is -0.481 e. The van der Waals surface area contributed by atoms with E-state index in [1.165, 1.54) is 0 Å². The molecule has 4 nitrogen and oxygen atoms in total. The molecule has 0 aliphatic carbocycles. The van der Waals surface area contributed by atoms with Crippen molar-refractivity contribution in [3.63, 3.8) is 0 Å². The van der Waals surface area contributed by atoms with Crippen LogP contribution in [0.25, 0.3) is 0 Å². The number of hydrogen-bond donors (Lipinski definition) is 3. The van der Waals surface area contributed by atoms with Crippen LogP contribution in [0.4, 0.5) is 0 Å². The van der Waals surface area contributed by atoms with Gasteiger partial charge in [-0.1, -0.05) is 0 Å². The molecule has 0 heterocycles. The molecule has 0 aliphatic heterocycles. The smallest absolute Gasteiger partial charge is 0.300 e. The van der Waals surface area contributed by atoms with Gasteiger partial charge in [-0.25, -0.2) is 0 Å². The zero-order chi connectivity index (χ0) is 8.57. The summed E-state index contributed by atoms with van der Waals surface area (Å²) in [5, 5.41) is 7.42. The Kier molecular flexibility index (Phi) is 10.2. The summed E-state index contributed by atoms with van der Waals surface area (Å²) in [5.74, 6) is -0.833. The van der Waals surface area contributed by atoms with Gasteiger partial charge in [0.1, 0.15) is 0 Å². The maximum absolute atomic E-state index is 9.00. The molecule has 10 heavy (non-hydrogen) atoms. The molecule has 0 bridgehead atoms. The molecule has 0 aromatic rings. The molecule has 4 heteroatoms. The van der Waals surface area contributed by atoms with Crippen LogP contribution in [0.3, 0.4) is 0 Å². The van der Waals surface area contributed by atoms with Crippen molar-refractivity contribution < 1.29 is 9.90 Å². The zero-order valence-electron chi connectivity index (χ0n) is 6.50. The Hall–Kier alpha value is -0.610. The van der Waals surface area contributed by atoms with E-state index in [4.69, 9.17) is 21.4 Å². The predicted molar refractivity (Wildman–Crippen MR) is 40.6 cm³/mol. The first-order chi connectivity index (χ1) is 4.50. The van der Waals surface area contributed by atoms with E-state index in [2.05, 4.69) is 0 Å². The summed E-state index contributed by atoms with van der Waals surface area (Å²) in [4.78, 5) is 9.00. The number of hydrogen-bond acceptors (Lipinski definition) is 3. The number of carbonyl (C=O) groups is 1. The minimum absolute atomic E-state index is 0.273. The van der Waals surface area contributed by atoms with Crippen molar-refractivity contribution in [1.29, 1.82) is 0 Å². The van der Waals surface area contributed by atoms with E-state index in [0.29, 0.717) is 6.54 Å². The molecule has 0 fully saturated rings. The lowest BCUT2D eigenvalue weighted by Gasteiger charge is -1.96. The maximum atomic E-state index is 9.00. The Morgan fingerprint density at radius 1 is 1.70 bits per heavy atom. The molecule has 1 unspecified atom stereocenters. The Morgan fingerprint density at radius 3 is 2.00 bits per heavy atom. The summed E-state index contributed by atoms with van der Waals surface area (Å²) in [6.07, 6.45) is 0.931. The van der Waals surface area contributed by atoms with Gasteiger partial charge in [0, 0.05) is 13.0 Å². The first kappa shape index (κ1) is 12.1. The van der Waals surface area contributed by atoms with Crippen molar-refractivity contribution in [1.82, 2.24) is 0 Å². The van der Waals surface area contributed by atoms with Gasteiger partial charge in [0.15, 0.2) is 0 Å². The molecule has 0 aromatic heterocycles. The average Bonchev–Trinajstić information content (AvgIpc) is 1.62. The molecule has 0 aliphatic rings. The second-order valence-electron chi connectivity index (χ2n) is 2.07. The minimum atomic E-state index is -0.833. The third kappa shape index (κ3) is 52.8. The van der Waals surface area contributed by atoms with Gasteiger partial charge in [-0.3, -0.25) is 4.79 Å². The van der Waals surface area contributed by atoms with Gasteiger partial charge in [-0.2, -0.15) is 0 Å². The first-order valence-corrected chi connectivity index (χ1v) is 3.15. The van der Waals surface area contributed by atoms with Gasteiger partial charge in [0.25, 0.3) is 5.97 Å². The van der Waals surface area contributed by atoms with Crippen molar-refractivity contribution in [3.05, 3.63) is 0 Å². The van der Waals surface area contributed by atoms with Crippen LogP contribution in [0.2, 0.25) is 0 Å². The van der Waals surface area contributed by atoms with Gasteiger partial charge in [0.05, 0.1) is 0 Å². The lowest BCUT2D eigenvalue weighted by molar-refractivity contribution is -0.134. The van der Waals surface area contributed by atoms with Crippen LogP contribution >= 0.6 is 0 Å². The van der Waals surface area contributed by atoms with Gasteiger partial charge >= 0.3 is 0 Å². The van der Waals surface area contributed by atoms with E-state index in [-0.39, 0.29) is 6.04 Å². The SMILES string of the molecule is CC(=O)O.CC(N)CCN. The largest absolute Gasteiger partial charge is 0.481 e. The average molecular weight is 148 g/mol. The highest BCUT2D eigenvalue weighted by molar-refractivity contribution is 5.62. The molecule has 5 N–H and O–H groups in total. The molecule has 62 valence electrons. The summed E-state index contributed by atoms with van der Waals surface area (Å²) in [6.45, 7) is 3.74. The Balaban J connectivity index is 0. The maximum Gasteiger partial charge on any atom is 0.300 e. The molecule has 0 saturated heterocycles. The van der Waals surface area contributed by atoms with Crippen LogP contribution in [0.1, 0.15) is 20.3 Å². The third-order valence-electron chi connectivity index (χ3n) is 0.622. The summed E-state index contributed by atoms with van der Waals surface area (Å²) >= 11 is 0. The van der Waals surface area contributed by atoms with Crippen LogP contribution in [-0.4, -0.2) is 23.7 Å². The highest BCUT2D eigenvalue weighted by atomic mass is 16.4. The fraction of sp³-hybridized carbons (Fsp3) is 0.833. The monoisotopic (exact) mass is 148 g/mol. The van der Waals surface area contributed by atoms with Crippen molar-refractivity contribution in [2.24, 2.45) is 11.5 Å². The quantitative estimate of drug-likeness (QED) is 0.504. The number of carboxylic acids is 1. The van der Waals surface area contributed by atoms with E-state index in [1.54, 1.807) is 0 Å². The van der Waals surface area contributed by atoms with Gasteiger partial charge in [0.2, 0.25) is 0 Å². The Bertz CT molecular complexity index is 79.8. The lowest BCUT2D eigenvalue weighted by Crippen LogP contribution is -2.18. The third-order valence-corrected chi connectivity index (χ3v) is 0.622. The van der Waals surface area contributed by atoms with Gasteiger partial charge in [-0.05, 0) is 19.9 Å². The van der Waals surface area contributed by atoms with E-state index in [9.17, 15) is 0 Å². The highest BCUT2D eigenvalue weighted by Crippen LogP contribution is 1.77. The topological polar surface area (TPSA) is 89.3 Å². The second-order valence-corrected chi connectivity index (χ2v) is 2.07. The van der Waals surface area contributed by atoms with E-state index in [1.807, 2.05) is 6.92 Å². The number of nitrogens with two attached hydrogens (primary N) is 2. The van der Waals surface area contributed by atoms with Crippen LogP contribution < -0.4 is 11.5 Å².